The van der Waals surface area contributed by atoms with Crippen LogP contribution < -0.4 is 15.4 Å². The number of aromatic nitrogens is 1. The van der Waals surface area contributed by atoms with Gasteiger partial charge in [-0.05, 0) is 24.6 Å². The van der Waals surface area contributed by atoms with Crippen molar-refractivity contribution in [2.45, 2.75) is 26.2 Å². The highest BCUT2D eigenvalue weighted by Crippen LogP contribution is 2.18. The van der Waals surface area contributed by atoms with Gasteiger partial charge in [-0.3, -0.25) is 9.78 Å². The van der Waals surface area contributed by atoms with E-state index >= 15 is 0 Å². The highest BCUT2D eigenvalue weighted by atomic mass is 16.5. The first kappa shape index (κ1) is 16.8. The Balaban J connectivity index is 1.98. The van der Waals surface area contributed by atoms with Crippen LogP contribution in [0.15, 0.2) is 42.7 Å². The van der Waals surface area contributed by atoms with E-state index in [0.717, 1.165) is 18.7 Å². The molecular weight excluding hydrogens is 290 g/mol. The summed E-state index contributed by atoms with van der Waals surface area (Å²) in [6.07, 6.45) is 6.77. The number of nitrogens with one attached hydrogen (secondary N) is 2. The van der Waals surface area contributed by atoms with Crippen molar-refractivity contribution >= 4 is 17.3 Å². The molecule has 1 aromatic heterocycles. The summed E-state index contributed by atoms with van der Waals surface area (Å²) in [7, 11) is 1.60. The Hall–Kier alpha value is -2.56. The molecule has 1 amide bonds. The zero-order valence-corrected chi connectivity index (χ0v) is 13.6. The number of methoxy groups -OCH3 is 1. The van der Waals surface area contributed by atoms with E-state index in [4.69, 9.17) is 4.74 Å². The van der Waals surface area contributed by atoms with Gasteiger partial charge in [0.15, 0.2) is 0 Å². The van der Waals surface area contributed by atoms with Gasteiger partial charge in [-0.2, -0.15) is 0 Å². The van der Waals surface area contributed by atoms with Crippen LogP contribution in [0.25, 0.3) is 0 Å². The van der Waals surface area contributed by atoms with Crippen LogP contribution in [0, 0.1) is 0 Å². The number of unbranched alkanes of at least 4 members (excludes halogenated alkanes) is 2. The zero-order valence-electron chi connectivity index (χ0n) is 13.6. The third-order valence-corrected chi connectivity index (χ3v) is 3.44. The van der Waals surface area contributed by atoms with Crippen molar-refractivity contribution < 1.29 is 9.53 Å². The molecule has 0 aliphatic carbocycles. The smallest absolute Gasteiger partial charge is 0.257 e. The fourth-order valence-electron chi connectivity index (χ4n) is 2.17. The maximum atomic E-state index is 12.3. The molecule has 5 nitrogen and oxygen atoms in total. The first-order valence-corrected chi connectivity index (χ1v) is 7.87. The van der Waals surface area contributed by atoms with Gasteiger partial charge in [0, 0.05) is 30.7 Å². The van der Waals surface area contributed by atoms with Gasteiger partial charge in [-0.25, -0.2) is 0 Å². The SMILES string of the molecule is CCCCCNc1cncc(C(=O)Nc2cccc(OC)c2)c1. The molecule has 0 saturated carbocycles. The lowest BCUT2D eigenvalue weighted by atomic mass is 10.2. The molecule has 1 heterocycles. The number of carbonyl (C=O) groups is 1. The third kappa shape index (κ3) is 5.29. The van der Waals surface area contributed by atoms with E-state index in [1.54, 1.807) is 25.6 Å². The quantitative estimate of drug-likeness (QED) is 0.724. The highest BCUT2D eigenvalue weighted by Gasteiger charge is 2.08. The van der Waals surface area contributed by atoms with E-state index < -0.39 is 0 Å². The van der Waals surface area contributed by atoms with Crippen molar-refractivity contribution in [3.05, 3.63) is 48.3 Å². The maximum absolute atomic E-state index is 12.3. The largest absolute Gasteiger partial charge is 0.497 e. The standard InChI is InChI=1S/C18H23N3O2/c1-3-4-5-9-20-16-10-14(12-19-13-16)18(22)21-15-7-6-8-17(11-15)23-2/h6-8,10-13,20H,3-5,9H2,1-2H3,(H,21,22). The molecule has 2 rings (SSSR count). The minimum Gasteiger partial charge on any atom is -0.497 e. The molecule has 23 heavy (non-hydrogen) atoms. The lowest BCUT2D eigenvalue weighted by Crippen LogP contribution is -2.13. The van der Waals surface area contributed by atoms with E-state index in [1.807, 2.05) is 24.3 Å². The second-order valence-electron chi connectivity index (χ2n) is 5.28. The molecule has 0 bridgehead atoms. The highest BCUT2D eigenvalue weighted by molar-refractivity contribution is 6.04. The number of pyridine rings is 1. The second-order valence-corrected chi connectivity index (χ2v) is 5.28. The average molecular weight is 313 g/mol. The number of hydrogen-bond acceptors (Lipinski definition) is 4. The zero-order chi connectivity index (χ0) is 16.5. The van der Waals surface area contributed by atoms with Crippen LogP contribution in [-0.2, 0) is 0 Å². The summed E-state index contributed by atoms with van der Waals surface area (Å²) < 4.78 is 5.15. The summed E-state index contributed by atoms with van der Waals surface area (Å²) in [5, 5.41) is 6.14. The summed E-state index contributed by atoms with van der Waals surface area (Å²) in [6.45, 7) is 3.06. The van der Waals surface area contributed by atoms with Crippen LogP contribution in [-0.4, -0.2) is 24.5 Å². The second kappa shape index (κ2) is 8.78. The van der Waals surface area contributed by atoms with E-state index in [2.05, 4.69) is 22.5 Å². The van der Waals surface area contributed by atoms with E-state index in [-0.39, 0.29) is 5.91 Å². The molecule has 0 saturated heterocycles. The Morgan fingerprint density at radius 3 is 2.83 bits per heavy atom. The lowest BCUT2D eigenvalue weighted by molar-refractivity contribution is 0.102. The first-order chi connectivity index (χ1) is 11.2. The molecule has 0 aliphatic heterocycles. The van der Waals surface area contributed by atoms with Crippen molar-refractivity contribution in [1.82, 2.24) is 4.98 Å². The number of amides is 1. The summed E-state index contributed by atoms with van der Waals surface area (Å²) in [4.78, 5) is 16.5. The van der Waals surface area contributed by atoms with Crippen LogP contribution in [0.5, 0.6) is 5.75 Å². The predicted octanol–water partition coefficient (Wildman–Crippen LogP) is 3.94. The van der Waals surface area contributed by atoms with E-state index in [9.17, 15) is 4.79 Å². The van der Waals surface area contributed by atoms with Crippen LogP contribution in [0.1, 0.15) is 36.5 Å². The van der Waals surface area contributed by atoms with Gasteiger partial charge in [0.25, 0.3) is 5.91 Å². The minimum atomic E-state index is -0.192. The van der Waals surface area contributed by atoms with Gasteiger partial charge < -0.3 is 15.4 Å². The van der Waals surface area contributed by atoms with Crippen LogP contribution >= 0.6 is 0 Å². The fourth-order valence-corrected chi connectivity index (χ4v) is 2.17. The van der Waals surface area contributed by atoms with Gasteiger partial charge in [-0.15, -0.1) is 0 Å². The van der Waals surface area contributed by atoms with Crippen LogP contribution in [0.4, 0.5) is 11.4 Å². The molecule has 5 heteroatoms. The molecule has 0 aliphatic rings. The van der Waals surface area contributed by atoms with Crippen LogP contribution in [0.2, 0.25) is 0 Å². The Labute approximate surface area is 137 Å². The number of anilines is 2. The number of ether oxygens (including phenoxy) is 1. The molecule has 0 spiro atoms. The molecular formula is C18H23N3O2. The molecule has 2 aromatic rings. The van der Waals surface area contributed by atoms with Gasteiger partial charge in [0.1, 0.15) is 5.75 Å². The molecule has 0 fully saturated rings. The molecule has 0 atom stereocenters. The van der Waals surface area contributed by atoms with E-state index in [0.29, 0.717) is 17.0 Å². The maximum Gasteiger partial charge on any atom is 0.257 e. The van der Waals surface area contributed by atoms with Gasteiger partial charge in [0.2, 0.25) is 0 Å². The molecule has 122 valence electrons. The summed E-state index contributed by atoms with van der Waals surface area (Å²) in [6, 6.07) is 9.07. The van der Waals surface area contributed by atoms with Gasteiger partial charge in [-0.1, -0.05) is 25.8 Å². The van der Waals surface area contributed by atoms with Crippen molar-refractivity contribution in [2.24, 2.45) is 0 Å². The third-order valence-electron chi connectivity index (χ3n) is 3.44. The van der Waals surface area contributed by atoms with Gasteiger partial charge >= 0.3 is 0 Å². The monoisotopic (exact) mass is 313 g/mol. The minimum absolute atomic E-state index is 0.192. The normalized spacial score (nSPS) is 10.2. The summed E-state index contributed by atoms with van der Waals surface area (Å²) >= 11 is 0. The van der Waals surface area contributed by atoms with Crippen molar-refractivity contribution in [1.29, 1.82) is 0 Å². The molecule has 1 aromatic carbocycles. The predicted molar refractivity (Wildman–Crippen MR) is 93.2 cm³/mol. The summed E-state index contributed by atoms with van der Waals surface area (Å²) in [5.74, 6) is 0.509. The molecule has 0 unspecified atom stereocenters. The fraction of sp³-hybridized carbons (Fsp3) is 0.333. The average Bonchev–Trinajstić information content (AvgIpc) is 2.59. The number of nitrogens with zero attached hydrogens (tertiary/aromatic N) is 1. The Bertz CT molecular complexity index is 644. The van der Waals surface area contributed by atoms with Crippen LogP contribution in [0.3, 0.4) is 0 Å². The summed E-state index contributed by atoms with van der Waals surface area (Å²) in [5.41, 5.74) is 2.07. The van der Waals surface area contributed by atoms with Gasteiger partial charge in [0.05, 0.1) is 18.4 Å². The number of rotatable bonds is 8. The molecule has 0 radical (unpaired) electrons. The lowest BCUT2D eigenvalue weighted by Gasteiger charge is -2.09. The van der Waals surface area contributed by atoms with Crippen molar-refractivity contribution in [3.63, 3.8) is 0 Å². The Morgan fingerprint density at radius 1 is 1.17 bits per heavy atom. The number of hydrogen-bond donors (Lipinski definition) is 2. The van der Waals surface area contributed by atoms with Crippen molar-refractivity contribution in [3.8, 4) is 5.75 Å². The first-order valence-electron chi connectivity index (χ1n) is 7.87. The molecule has 2 N–H and O–H groups in total. The topological polar surface area (TPSA) is 63.2 Å². The number of benzene rings is 1. The van der Waals surface area contributed by atoms with Crippen molar-refractivity contribution in [2.75, 3.05) is 24.3 Å². The number of carbonyl (C=O) groups excluding carboxylic acids is 1. The Kier molecular flexibility index (Phi) is 6.41. The Morgan fingerprint density at radius 2 is 2.04 bits per heavy atom. The van der Waals surface area contributed by atoms with E-state index in [1.165, 1.54) is 12.8 Å².